The highest BCUT2D eigenvalue weighted by Gasteiger charge is 2.24. The van der Waals surface area contributed by atoms with Crippen molar-refractivity contribution in [1.29, 1.82) is 0 Å². The molecule has 1 aromatic carbocycles. The van der Waals surface area contributed by atoms with Crippen LogP contribution < -0.4 is 10.5 Å². The zero-order valence-corrected chi connectivity index (χ0v) is 9.53. The van der Waals surface area contributed by atoms with Crippen LogP contribution in [0.5, 0.6) is 0 Å². The zero-order valence-electron chi connectivity index (χ0n) is 8.72. The summed E-state index contributed by atoms with van der Waals surface area (Å²) in [7, 11) is -3.53. The van der Waals surface area contributed by atoms with E-state index in [1.165, 1.54) is 6.07 Å². The van der Waals surface area contributed by atoms with Crippen molar-refractivity contribution in [1.82, 2.24) is 4.72 Å². The van der Waals surface area contributed by atoms with E-state index < -0.39 is 10.0 Å². The molecule has 1 saturated heterocycles. The molecular formula is C10H14N2O3S. The maximum Gasteiger partial charge on any atom is 0.242 e. The highest BCUT2D eigenvalue weighted by Crippen LogP contribution is 2.18. The number of nitrogen functional groups attached to an aromatic ring is 1. The Labute approximate surface area is 94.6 Å². The van der Waals surface area contributed by atoms with E-state index in [4.69, 9.17) is 10.5 Å². The molecule has 6 heteroatoms. The van der Waals surface area contributed by atoms with Crippen molar-refractivity contribution in [2.24, 2.45) is 0 Å². The van der Waals surface area contributed by atoms with Gasteiger partial charge in [0.15, 0.2) is 0 Å². The molecule has 0 aromatic heterocycles. The topological polar surface area (TPSA) is 81.4 Å². The van der Waals surface area contributed by atoms with E-state index in [0.717, 1.165) is 0 Å². The van der Waals surface area contributed by atoms with Gasteiger partial charge in [-0.1, -0.05) is 12.1 Å². The van der Waals surface area contributed by atoms with Crippen LogP contribution in [0.1, 0.15) is 6.42 Å². The lowest BCUT2D eigenvalue weighted by atomic mass is 10.3. The van der Waals surface area contributed by atoms with Crippen molar-refractivity contribution >= 4 is 15.7 Å². The number of sulfonamides is 1. The van der Waals surface area contributed by atoms with Crippen LogP contribution in [0.25, 0.3) is 0 Å². The highest BCUT2D eigenvalue weighted by molar-refractivity contribution is 7.89. The Balaban J connectivity index is 2.21. The summed E-state index contributed by atoms with van der Waals surface area (Å²) in [6.07, 6.45) is 0.700. The predicted molar refractivity (Wildman–Crippen MR) is 60.4 cm³/mol. The van der Waals surface area contributed by atoms with Crippen LogP contribution in [0.15, 0.2) is 29.2 Å². The molecule has 1 aliphatic heterocycles. The highest BCUT2D eigenvalue weighted by atomic mass is 32.2. The zero-order chi connectivity index (χ0) is 11.6. The quantitative estimate of drug-likeness (QED) is 0.749. The molecule has 1 aliphatic rings. The number of benzene rings is 1. The summed E-state index contributed by atoms with van der Waals surface area (Å²) in [5, 5.41) is 0. The molecular weight excluding hydrogens is 228 g/mol. The maximum atomic E-state index is 12.0. The third-order valence-electron chi connectivity index (χ3n) is 2.46. The van der Waals surface area contributed by atoms with Gasteiger partial charge in [-0.15, -0.1) is 0 Å². The van der Waals surface area contributed by atoms with Gasteiger partial charge < -0.3 is 10.5 Å². The molecule has 0 amide bonds. The summed E-state index contributed by atoms with van der Waals surface area (Å²) >= 11 is 0. The molecule has 1 unspecified atom stereocenters. The Morgan fingerprint density at radius 1 is 1.38 bits per heavy atom. The van der Waals surface area contributed by atoms with E-state index in [1.807, 2.05) is 0 Å². The Bertz CT molecular complexity index is 467. The number of para-hydroxylation sites is 1. The predicted octanol–water partition coefficient (Wildman–Crippen LogP) is 0.336. The van der Waals surface area contributed by atoms with Gasteiger partial charge in [0, 0.05) is 12.6 Å². The molecule has 88 valence electrons. The van der Waals surface area contributed by atoms with Gasteiger partial charge in [-0.3, -0.25) is 0 Å². The summed E-state index contributed by atoms with van der Waals surface area (Å²) in [6, 6.07) is 6.26. The van der Waals surface area contributed by atoms with Gasteiger partial charge in [0.1, 0.15) is 4.90 Å². The number of nitrogens with one attached hydrogen (secondary N) is 1. The molecule has 0 aliphatic carbocycles. The van der Waals surface area contributed by atoms with Gasteiger partial charge in [-0.25, -0.2) is 13.1 Å². The van der Waals surface area contributed by atoms with Gasteiger partial charge in [0.25, 0.3) is 0 Å². The van der Waals surface area contributed by atoms with Crippen LogP contribution in [-0.2, 0) is 14.8 Å². The SMILES string of the molecule is Nc1ccccc1S(=O)(=O)NC1CCOC1. The number of hydrogen-bond donors (Lipinski definition) is 2. The Hall–Kier alpha value is -1.11. The molecule has 2 rings (SSSR count). The van der Waals surface area contributed by atoms with Crippen molar-refractivity contribution in [3.8, 4) is 0 Å². The van der Waals surface area contributed by atoms with Crippen LogP contribution in [0.3, 0.4) is 0 Å². The molecule has 1 fully saturated rings. The summed E-state index contributed by atoms with van der Waals surface area (Å²) < 4.78 is 31.6. The van der Waals surface area contributed by atoms with Crippen molar-refractivity contribution in [3.05, 3.63) is 24.3 Å². The van der Waals surface area contributed by atoms with Crippen molar-refractivity contribution in [2.45, 2.75) is 17.4 Å². The number of hydrogen-bond acceptors (Lipinski definition) is 4. The first kappa shape index (κ1) is 11.4. The Morgan fingerprint density at radius 2 is 2.12 bits per heavy atom. The lowest BCUT2D eigenvalue weighted by molar-refractivity contribution is 0.192. The van der Waals surface area contributed by atoms with Gasteiger partial charge >= 0.3 is 0 Å². The average Bonchev–Trinajstić information content (AvgIpc) is 2.70. The molecule has 0 bridgehead atoms. The summed E-state index contributed by atoms with van der Waals surface area (Å²) in [5.74, 6) is 0. The summed E-state index contributed by atoms with van der Waals surface area (Å²) in [6.45, 7) is 1.02. The normalized spacial score (nSPS) is 21.1. The second-order valence-corrected chi connectivity index (χ2v) is 5.40. The molecule has 0 radical (unpaired) electrons. The van der Waals surface area contributed by atoms with Crippen LogP contribution in [0.2, 0.25) is 0 Å². The van der Waals surface area contributed by atoms with E-state index in [-0.39, 0.29) is 16.6 Å². The molecule has 16 heavy (non-hydrogen) atoms. The first-order valence-electron chi connectivity index (χ1n) is 5.04. The largest absolute Gasteiger partial charge is 0.398 e. The van der Waals surface area contributed by atoms with E-state index >= 15 is 0 Å². The molecule has 0 spiro atoms. The van der Waals surface area contributed by atoms with Crippen molar-refractivity contribution in [2.75, 3.05) is 18.9 Å². The number of rotatable bonds is 3. The molecule has 1 aromatic rings. The second kappa shape index (κ2) is 4.40. The Kier molecular flexibility index (Phi) is 3.13. The van der Waals surface area contributed by atoms with Gasteiger partial charge in [0.2, 0.25) is 10.0 Å². The fourth-order valence-corrected chi connectivity index (χ4v) is 3.02. The smallest absolute Gasteiger partial charge is 0.242 e. The standard InChI is InChI=1S/C10H14N2O3S/c11-9-3-1-2-4-10(9)16(13,14)12-8-5-6-15-7-8/h1-4,8,12H,5-7,11H2. The number of nitrogens with two attached hydrogens (primary N) is 1. The second-order valence-electron chi connectivity index (χ2n) is 3.72. The minimum absolute atomic E-state index is 0.127. The van der Waals surface area contributed by atoms with Crippen LogP contribution >= 0.6 is 0 Å². The van der Waals surface area contributed by atoms with E-state index in [2.05, 4.69) is 4.72 Å². The van der Waals surface area contributed by atoms with Gasteiger partial charge in [0.05, 0.1) is 12.3 Å². The minimum Gasteiger partial charge on any atom is -0.398 e. The van der Waals surface area contributed by atoms with Crippen LogP contribution in [-0.4, -0.2) is 27.7 Å². The molecule has 0 saturated carbocycles. The lowest BCUT2D eigenvalue weighted by Gasteiger charge is -2.12. The van der Waals surface area contributed by atoms with Crippen LogP contribution in [0, 0.1) is 0 Å². The molecule has 1 heterocycles. The van der Waals surface area contributed by atoms with E-state index in [0.29, 0.717) is 19.6 Å². The molecule has 3 N–H and O–H groups in total. The van der Waals surface area contributed by atoms with E-state index in [9.17, 15) is 8.42 Å². The average molecular weight is 242 g/mol. The van der Waals surface area contributed by atoms with Crippen LogP contribution in [0.4, 0.5) is 5.69 Å². The monoisotopic (exact) mass is 242 g/mol. The number of ether oxygens (including phenoxy) is 1. The first-order valence-corrected chi connectivity index (χ1v) is 6.52. The first-order chi connectivity index (χ1) is 7.59. The lowest BCUT2D eigenvalue weighted by Crippen LogP contribution is -2.35. The fraction of sp³-hybridized carbons (Fsp3) is 0.400. The number of anilines is 1. The van der Waals surface area contributed by atoms with E-state index in [1.54, 1.807) is 18.2 Å². The molecule has 5 nitrogen and oxygen atoms in total. The minimum atomic E-state index is -3.53. The third kappa shape index (κ3) is 2.34. The maximum absolute atomic E-state index is 12.0. The van der Waals surface area contributed by atoms with Crippen molar-refractivity contribution in [3.63, 3.8) is 0 Å². The van der Waals surface area contributed by atoms with Crippen molar-refractivity contribution < 1.29 is 13.2 Å². The summed E-state index contributed by atoms with van der Waals surface area (Å²) in [5.41, 5.74) is 5.89. The Morgan fingerprint density at radius 3 is 2.75 bits per heavy atom. The third-order valence-corrected chi connectivity index (χ3v) is 4.05. The van der Waals surface area contributed by atoms with Gasteiger partial charge in [-0.2, -0.15) is 0 Å². The fourth-order valence-electron chi connectivity index (χ4n) is 1.64. The van der Waals surface area contributed by atoms with Gasteiger partial charge in [-0.05, 0) is 18.6 Å². The molecule has 1 atom stereocenters. The summed E-state index contributed by atoms with van der Waals surface area (Å²) in [4.78, 5) is 0.127.